The molecule has 0 saturated carbocycles. The summed E-state index contributed by atoms with van der Waals surface area (Å²) < 4.78 is 72.1. The second kappa shape index (κ2) is 8.20. The minimum atomic E-state index is -4.16. The van der Waals surface area contributed by atoms with E-state index in [0.29, 0.717) is 17.4 Å². The molecule has 1 amide bonds. The molecule has 3 aromatic rings. The Labute approximate surface area is 176 Å². The van der Waals surface area contributed by atoms with Crippen molar-refractivity contribution < 1.29 is 30.8 Å². The number of carbonyl (C=O) groups is 1. The van der Waals surface area contributed by atoms with Crippen molar-refractivity contribution in [1.82, 2.24) is 9.21 Å². The average Bonchev–Trinajstić information content (AvgIpc) is 3.24. The number of furan rings is 1. The summed E-state index contributed by atoms with van der Waals surface area (Å²) in [6.45, 7) is 0.0632. The Morgan fingerprint density at radius 3 is 2.13 bits per heavy atom. The van der Waals surface area contributed by atoms with Crippen LogP contribution in [0.2, 0.25) is 0 Å². The van der Waals surface area contributed by atoms with Crippen molar-refractivity contribution in [3.8, 4) is 11.3 Å². The van der Waals surface area contributed by atoms with Crippen molar-refractivity contribution in [1.29, 1.82) is 0 Å². The van der Waals surface area contributed by atoms with Gasteiger partial charge in [0, 0.05) is 37.8 Å². The molecule has 31 heavy (non-hydrogen) atoms. The third-order valence-corrected chi connectivity index (χ3v) is 6.92. The summed E-state index contributed by atoms with van der Waals surface area (Å²) in [6, 6.07) is 11.0. The van der Waals surface area contributed by atoms with Gasteiger partial charge in [-0.1, -0.05) is 0 Å². The second-order valence-electron chi connectivity index (χ2n) is 6.94. The number of halogens is 3. The largest absolute Gasteiger partial charge is 0.451 e. The van der Waals surface area contributed by atoms with Crippen LogP contribution in [-0.2, 0) is 10.0 Å². The van der Waals surface area contributed by atoms with Gasteiger partial charge in [-0.05, 0) is 48.5 Å². The van der Waals surface area contributed by atoms with Crippen LogP contribution in [0.25, 0.3) is 11.3 Å². The van der Waals surface area contributed by atoms with Crippen molar-refractivity contribution in [2.45, 2.75) is 4.90 Å². The predicted molar refractivity (Wildman–Crippen MR) is 105 cm³/mol. The molecule has 2 aromatic carbocycles. The van der Waals surface area contributed by atoms with E-state index in [-0.39, 0.29) is 37.8 Å². The maximum atomic E-state index is 13.9. The summed E-state index contributed by atoms with van der Waals surface area (Å²) in [5, 5.41) is 0. The van der Waals surface area contributed by atoms with Gasteiger partial charge in [0.25, 0.3) is 5.91 Å². The summed E-state index contributed by atoms with van der Waals surface area (Å²) in [5.74, 6) is -2.37. The predicted octanol–water partition coefficient (Wildman–Crippen LogP) is 3.51. The van der Waals surface area contributed by atoms with Gasteiger partial charge in [0.1, 0.15) is 28.1 Å². The lowest BCUT2D eigenvalue weighted by Gasteiger charge is -2.33. The van der Waals surface area contributed by atoms with E-state index >= 15 is 0 Å². The minimum Gasteiger partial charge on any atom is -0.451 e. The van der Waals surface area contributed by atoms with Gasteiger partial charge in [0.15, 0.2) is 5.76 Å². The fourth-order valence-electron chi connectivity index (χ4n) is 3.33. The van der Waals surface area contributed by atoms with Crippen molar-refractivity contribution in [3.63, 3.8) is 0 Å². The van der Waals surface area contributed by atoms with E-state index in [2.05, 4.69) is 0 Å². The Morgan fingerprint density at radius 2 is 1.48 bits per heavy atom. The molecule has 0 spiro atoms. The van der Waals surface area contributed by atoms with Crippen LogP contribution in [0.5, 0.6) is 0 Å². The zero-order chi connectivity index (χ0) is 22.2. The molecule has 0 atom stereocenters. The number of benzene rings is 2. The fraction of sp³-hybridized carbons (Fsp3) is 0.190. The first-order chi connectivity index (χ1) is 14.8. The molecule has 1 aromatic heterocycles. The van der Waals surface area contributed by atoms with E-state index in [1.165, 1.54) is 35.2 Å². The normalized spacial score (nSPS) is 15.3. The molecule has 4 rings (SSSR count). The van der Waals surface area contributed by atoms with Gasteiger partial charge in [0.2, 0.25) is 10.0 Å². The summed E-state index contributed by atoms with van der Waals surface area (Å²) in [7, 11) is -4.16. The molecule has 0 aliphatic carbocycles. The van der Waals surface area contributed by atoms with Gasteiger partial charge in [-0.2, -0.15) is 4.31 Å². The van der Waals surface area contributed by atoms with Gasteiger partial charge in [-0.3, -0.25) is 4.79 Å². The number of rotatable bonds is 4. The highest BCUT2D eigenvalue weighted by atomic mass is 32.2. The molecule has 1 aliphatic rings. The zero-order valence-corrected chi connectivity index (χ0v) is 16.9. The third kappa shape index (κ3) is 4.21. The molecule has 0 unspecified atom stereocenters. The lowest BCUT2D eigenvalue weighted by atomic mass is 10.2. The van der Waals surface area contributed by atoms with Crippen LogP contribution >= 0.6 is 0 Å². The van der Waals surface area contributed by atoms with Crippen molar-refractivity contribution in [2.75, 3.05) is 26.2 Å². The van der Waals surface area contributed by atoms with Crippen LogP contribution in [0.15, 0.2) is 63.9 Å². The van der Waals surface area contributed by atoms with Crippen molar-refractivity contribution in [2.24, 2.45) is 0 Å². The highest BCUT2D eigenvalue weighted by Gasteiger charge is 2.33. The summed E-state index contributed by atoms with van der Waals surface area (Å²) >= 11 is 0. The van der Waals surface area contributed by atoms with Crippen LogP contribution in [0.1, 0.15) is 10.6 Å². The molecule has 162 valence electrons. The van der Waals surface area contributed by atoms with Crippen molar-refractivity contribution >= 4 is 15.9 Å². The first kappa shape index (κ1) is 21.1. The molecule has 1 fully saturated rings. The Kier molecular flexibility index (Phi) is 5.59. The molecule has 0 radical (unpaired) electrons. The lowest BCUT2D eigenvalue weighted by molar-refractivity contribution is 0.0666. The van der Waals surface area contributed by atoms with Gasteiger partial charge in [0.05, 0.1) is 0 Å². The first-order valence-corrected chi connectivity index (χ1v) is 10.8. The van der Waals surface area contributed by atoms with Crippen LogP contribution in [0.4, 0.5) is 13.2 Å². The number of hydrogen-bond acceptors (Lipinski definition) is 4. The molecule has 0 bridgehead atoms. The quantitative estimate of drug-likeness (QED) is 0.610. The Balaban J connectivity index is 1.44. The smallest absolute Gasteiger partial charge is 0.289 e. The molecule has 1 aliphatic heterocycles. The molecule has 10 heteroatoms. The number of nitrogens with zero attached hydrogens (tertiary/aromatic N) is 2. The van der Waals surface area contributed by atoms with Gasteiger partial charge in [-0.25, -0.2) is 21.6 Å². The Hall–Kier alpha value is -3.11. The van der Waals surface area contributed by atoms with Gasteiger partial charge in [-0.15, -0.1) is 0 Å². The topological polar surface area (TPSA) is 70.8 Å². The molecule has 1 saturated heterocycles. The fourth-order valence-corrected chi connectivity index (χ4v) is 4.80. The number of sulfonamides is 1. The lowest BCUT2D eigenvalue weighted by Crippen LogP contribution is -2.50. The highest BCUT2D eigenvalue weighted by Crippen LogP contribution is 2.25. The van der Waals surface area contributed by atoms with Crippen LogP contribution in [-0.4, -0.2) is 49.7 Å². The number of hydrogen-bond donors (Lipinski definition) is 0. The maximum absolute atomic E-state index is 13.9. The van der Waals surface area contributed by atoms with E-state index < -0.39 is 32.5 Å². The Bertz CT molecular complexity index is 1220. The first-order valence-electron chi connectivity index (χ1n) is 9.36. The number of piperazine rings is 1. The third-order valence-electron chi connectivity index (χ3n) is 4.98. The number of carbonyl (C=O) groups excluding carboxylic acids is 1. The van der Waals surface area contributed by atoms with Crippen molar-refractivity contribution in [3.05, 3.63) is 77.8 Å². The molecule has 6 nitrogen and oxygen atoms in total. The average molecular weight is 450 g/mol. The standard InChI is InChI=1S/C21H17F3N2O4S/c22-15-3-1-14(2-4-15)18-6-7-19(30-18)21(27)25-9-11-26(12-10-25)31(28,29)20-8-5-16(23)13-17(20)24/h1-8,13H,9-12H2. The van der Waals surface area contributed by atoms with Crippen LogP contribution in [0.3, 0.4) is 0 Å². The van der Waals surface area contributed by atoms with Crippen LogP contribution < -0.4 is 0 Å². The van der Waals surface area contributed by atoms with E-state index in [1.54, 1.807) is 6.07 Å². The molecular weight excluding hydrogens is 433 g/mol. The summed E-state index contributed by atoms with van der Waals surface area (Å²) in [5.41, 5.74) is 0.609. The zero-order valence-electron chi connectivity index (χ0n) is 16.1. The maximum Gasteiger partial charge on any atom is 0.289 e. The van der Waals surface area contributed by atoms with E-state index in [1.807, 2.05) is 0 Å². The number of amides is 1. The summed E-state index contributed by atoms with van der Waals surface area (Å²) in [6.07, 6.45) is 0. The molecular formula is C21H17F3N2O4S. The van der Waals surface area contributed by atoms with Gasteiger partial charge < -0.3 is 9.32 Å². The minimum absolute atomic E-state index is 0.0452. The summed E-state index contributed by atoms with van der Waals surface area (Å²) in [4.78, 5) is 13.5. The second-order valence-corrected chi connectivity index (χ2v) is 8.85. The van der Waals surface area contributed by atoms with E-state index in [9.17, 15) is 26.4 Å². The molecule has 0 N–H and O–H groups in total. The van der Waals surface area contributed by atoms with E-state index in [0.717, 1.165) is 16.4 Å². The SMILES string of the molecule is O=C(c1ccc(-c2ccc(F)cc2)o1)N1CCN(S(=O)(=O)c2ccc(F)cc2F)CC1. The van der Waals surface area contributed by atoms with Crippen LogP contribution in [0, 0.1) is 17.5 Å². The van der Waals surface area contributed by atoms with Gasteiger partial charge >= 0.3 is 0 Å². The molecule has 2 heterocycles. The Morgan fingerprint density at radius 1 is 0.839 bits per heavy atom. The highest BCUT2D eigenvalue weighted by molar-refractivity contribution is 7.89. The monoisotopic (exact) mass is 450 g/mol. The van der Waals surface area contributed by atoms with E-state index in [4.69, 9.17) is 4.42 Å².